The van der Waals surface area contributed by atoms with Gasteiger partial charge in [0, 0.05) is 11.3 Å². The average molecular weight is 388 g/mol. The first kappa shape index (κ1) is 20.6. The zero-order valence-corrected chi connectivity index (χ0v) is 16.5. The van der Waals surface area contributed by atoms with Crippen LogP contribution in [0.3, 0.4) is 0 Å². The lowest BCUT2D eigenvalue weighted by Gasteiger charge is -2.15. The molecule has 0 saturated carbocycles. The summed E-state index contributed by atoms with van der Waals surface area (Å²) >= 11 is 1.68. The maximum atomic E-state index is 12.2. The van der Waals surface area contributed by atoms with Crippen molar-refractivity contribution < 1.29 is 19.1 Å². The van der Waals surface area contributed by atoms with Crippen molar-refractivity contribution in [2.45, 2.75) is 25.7 Å². The summed E-state index contributed by atoms with van der Waals surface area (Å²) in [7, 11) is 0. The Hall–Kier alpha value is -2.67. The topological polar surface area (TPSA) is 76.7 Å². The van der Waals surface area contributed by atoms with E-state index in [1.165, 1.54) is 0 Å². The molecular weight excluding hydrogens is 364 g/mol. The van der Waals surface area contributed by atoms with Gasteiger partial charge >= 0.3 is 0 Å². The molecule has 2 aromatic rings. The summed E-state index contributed by atoms with van der Waals surface area (Å²) < 4.78 is 10.9. The van der Waals surface area contributed by atoms with Crippen LogP contribution in [0.15, 0.2) is 48.5 Å². The van der Waals surface area contributed by atoms with Crippen molar-refractivity contribution in [2.75, 3.05) is 12.9 Å². The molecule has 0 aliphatic carbocycles. The van der Waals surface area contributed by atoms with E-state index in [2.05, 4.69) is 10.9 Å². The van der Waals surface area contributed by atoms with Gasteiger partial charge in [-0.3, -0.25) is 20.4 Å². The Morgan fingerprint density at radius 1 is 1.07 bits per heavy atom. The molecule has 0 aromatic heterocycles. The van der Waals surface area contributed by atoms with Crippen molar-refractivity contribution in [3.63, 3.8) is 0 Å². The molecule has 2 rings (SSSR count). The minimum absolute atomic E-state index is 0.375. The number of carbonyl (C=O) groups is 2. The van der Waals surface area contributed by atoms with E-state index >= 15 is 0 Å². The second kappa shape index (κ2) is 10.5. The fraction of sp³-hybridized carbons (Fsp3) is 0.300. The van der Waals surface area contributed by atoms with Gasteiger partial charge in [0.05, 0.1) is 6.61 Å². The van der Waals surface area contributed by atoms with Gasteiger partial charge in [-0.1, -0.05) is 12.1 Å². The van der Waals surface area contributed by atoms with Gasteiger partial charge in [-0.25, -0.2) is 0 Å². The predicted octanol–water partition coefficient (Wildman–Crippen LogP) is 3.18. The molecule has 0 aliphatic rings. The van der Waals surface area contributed by atoms with Crippen LogP contribution in [0, 0.1) is 0 Å². The minimum atomic E-state index is -0.772. The highest BCUT2D eigenvalue weighted by Crippen LogP contribution is 2.18. The molecule has 0 fully saturated rings. The first-order valence-electron chi connectivity index (χ1n) is 8.61. The molecule has 0 heterocycles. The summed E-state index contributed by atoms with van der Waals surface area (Å²) in [6, 6.07) is 14.3. The third-order valence-corrected chi connectivity index (χ3v) is 4.24. The average Bonchev–Trinajstić information content (AvgIpc) is 2.68. The quantitative estimate of drug-likeness (QED) is 0.679. The lowest BCUT2D eigenvalue weighted by molar-refractivity contribution is -0.128. The molecule has 6 nitrogen and oxygen atoms in total. The number of rotatable bonds is 8. The van der Waals surface area contributed by atoms with Crippen LogP contribution in [0.25, 0.3) is 0 Å². The summed E-state index contributed by atoms with van der Waals surface area (Å²) in [6.45, 7) is 4.10. The van der Waals surface area contributed by atoms with Crippen LogP contribution in [0.4, 0.5) is 0 Å². The number of hydrazine groups is 1. The molecule has 144 valence electrons. The maximum absolute atomic E-state index is 12.2. The Bertz CT molecular complexity index is 765. The van der Waals surface area contributed by atoms with E-state index in [9.17, 15) is 9.59 Å². The number of carbonyl (C=O) groups excluding carboxylic acids is 2. The minimum Gasteiger partial charge on any atom is -0.494 e. The molecule has 27 heavy (non-hydrogen) atoms. The van der Waals surface area contributed by atoms with E-state index < -0.39 is 12.0 Å². The second-order valence-corrected chi connectivity index (χ2v) is 6.61. The molecule has 0 spiro atoms. The molecule has 2 N–H and O–H groups in total. The van der Waals surface area contributed by atoms with Crippen LogP contribution in [-0.4, -0.2) is 30.8 Å². The summed E-state index contributed by atoms with van der Waals surface area (Å²) in [4.78, 5) is 24.3. The monoisotopic (exact) mass is 388 g/mol. The van der Waals surface area contributed by atoms with Crippen LogP contribution in [0.2, 0.25) is 0 Å². The molecule has 0 radical (unpaired) electrons. The maximum Gasteiger partial charge on any atom is 0.279 e. The number of benzene rings is 2. The van der Waals surface area contributed by atoms with Crippen molar-refractivity contribution in [2.24, 2.45) is 0 Å². The van der Waals surface area contributed by atoms with E-state index in [0.29, 0.717) is 17.9 Å². The van der Waals surface area contributed by atoms with Gasteiger partial charge in [-0.15, -0.1) is 0 Å². The van der Waals surface area contributed by atoms with Gasteiger partial charge in [-0.05, 0) is 62.1 Å². The summed E-state index contributed by atoms with van der Waals surface area (Å²) in [5.41, 5.74) is 6.34. The Labute approximate surface area is 163 Å². The molecule has 0 unspecified atom stereocenters. The van der Waals surface area contributed by atoms with Crippen LogP contribution < -0.4 is 20.3 Å². The van der Waals surface area contributed by atoms with Crippen molar-refractivity contribution in [3.05, 3.63) is 59.7 Å². The fourth-order valence-electron chi connectivity index (χ4n) is 2.30. The van der Waals surface area contributed by atoms with Crippen molar-refractivity contribution in [1.82, 2.24) is 10.9 Å². The second-order valence-electron chi connectivity index (χ2n) is 5.74. The molecular formula is C20H24N2O4S. The number of nitrogens with one attached hydrogen (secondary N) is 2. The summed E-state index contributed by atoms with van der Waals surface area (Å²) in [5.74, 6) is 1.27. The SMILES string of the molecule is CCOc1ccc(O[C@H](C)C(=O)NNC(=O)c2cccc(CSC)c2)cc1. The Balaban J connectivity index is 1.85. The van der Waals surface area contributed by atoms with Crippen LogP contribution >= 0.6 is 11.8 Å². The fourth-order valence-corrected chi connectivity index (χ4v) is 2.81. The third kappa shape index (κ3) is 6.53. The van der Waals surface area contributed by atoms with E-state index in [0.717, 1.165) is 17.1 Å². The van der Waals surface area contributed by atoms with Gasteiger partial charge in [0.15, 0.2) is 6.10 Å². The van der Waals surface area contributed by atoms with Crippen LogP contribution in [0.5, 0.6) is 11.5 Å². The zero-order valence-electron chi connectivity index (χ0n) is 15.7. The van der Waals surface area contributed by atoms with E-state index in [4.69, 9.17) is 9.47 Å². The number of hydrogen-bond donors (Lipinski definition) is 2. The lowest BCUT2D eigenvalue weighted by atomic mass is 10.1. The van der Waals surface area contributed by atoms with Gasteiger partial charge in [-0.2, -0.15) is 11.8 Å². The third-order valence-electron chi connectivity index (χ3n) is 3.62. The first-order valence-corrected chi connectivity index (χ1v) is 10.0. The van der Waals surface area contributed by atoms with Crippen molar-refractivity contribution in [1.29, 1.82) is 0 Å². The molecule has 0 aliphatic heterocycles. The predicted molar refractivity (Wildman–Crippen MR) is 107 cm³/mol. The van der Waals surface area contributed by atoms with E-state index in [1.807, 2.05) is 25.3 Å². The largest absolute Gasteiger partial charge is 0.494 e. The number of hydrogen-bond acceptors (Lipinski definition) is 5. The summed E-state index contributed by atoms with van der Waals surface area (Å²) in [6.07, 6.45) is 1.23. The van der Waals surface area contributed by atoms with Crippen molar-refractivity contribution in [3.8, 4) is 11.5 Å². The highest BCUT2D eigenvalue weighted by molar-refractivity contribution is 7.97. The number of amides is 2. The number of ether oxygens (including phenoxy) is 2. The molecule has 0 bridgehead atoms. The smallest absolute Gasteiger partial charge is 0.279 e. The molecule has 2 amide bonds. The zero-order chi connectivity index (χ0) is 19.6. The highest BCUT2D eigenvalue weighted by Gasteiger charge is 2.16. The van der Waals surface area contributed by atoms with Gasteiger partial charge in [0.25, 0.3) is 11.8 Å². The number of thioether (sulfide) groups is 1. The van der Waals surface area contributed by atoms with E-state index in [1.54, 1.807) is 55.1 Å². The van der Waals surface area contributed by atoms with Crippen LogP contribution in [0.1, 0.15) is 29.8 Å². The van der Waals surface area contributed by atoms with Gasteiger partial charge in [0.1, 0.15) is 11.5 Å². The highest BCUT2D eigenvalue weighted by atomic mass is 32.2. The van der Waals surface area contributed by atoms with Crippen LogP contribution in [-0.2, 0) is 10.5 Å². The normalized spacial score (nSPS) is 11.4. The molecule has 7 heteroatoms. The molecule has 1 atom stereocenters. The Kier molecular flexibility index (Phi) is 8.00. The van der Waals surface area contributed by atoms with Gasteiger partial charge < -0.3 is 9.47 Å². The van der Waals surface area contributed by atoms with E-state index in [-0.39, 0.29) is 5.91 Å². The standard InChI is InChI=1S/C20H24N2O4S/c1-4-25-17-8-10-18(11-9-17)26-14(2)19(23)21-22-20(24)16-7-5-6-15(12-16)13-27-3/h5-12,14H,4,13H2,1-3H3,(H,21,23)(H,22,24)/t14-/m1/s1. The Morgan fingerprint density at radius 3 is 2.44 bits per heavy atom. The summed E-state index contributed by atoms with van der Waals surface area (Å²) in [5, 5.41) is 0. The Morgan fingerprint density at radius 2 is 1.78 bits per heavy atom. The first-order chi connectivity index (χ1) is 13.0. The lowest BCUT2D eigenvalue weighted by Crippen LogP contribution is -2.47. The van der Waals surface area contributed by atoms with Crippen molar-refractivity contribution >= 4 is 23.6 Å². The van der Waals surface area contributed by atoms with Gasteiger partial charge in [0.2, 0.25) is 0 Å². The molecule has 0 saturated heterocycles. The molecule has 2 aromatic carbocycles.